The molecule has 5 N–H and O–H groups in total. The molecule has 0 saturated heterocycles. The van der Waals surface area contributed by atoms with Gasteiger partial charge in [0, 0.05) is 22.5 Å². The van der Waals surface area contributed by atoms with Gasteiger partial charge in [0.05, 0.1) is 11.4 Å². The molecule has 0 saturated carbocycles. The molecule has 1 aliphatic rings. The van der Waals surface area contributed by atoms with Crippen molar-refractivity contribution in [1.29, 1.82) is 0 Å². The van der Waals surface area contributed by atoms with Crippen molar-refractivity contribution in [3.05, 3.63) is 58.4 Å². The third kappa shape index (κ3) is 1.92. The number of anilines is 2. The third-order valence-corrected chi connectivity index (χ3v) is 3.59. The molecule has 20 heavy (non-hydrogen) atoms. The van der Waals surface area contributed by atoms with Gasteiger partial charge < -0.3 is 11.1 Å². The van der Waals surface area contributed by atoms with Crippen molar-refractivity contribution in [1.82, 2.24) is 0 Å². The van der Waals surface area contributed by atoms with E-state index in [2.05, 4.69) is 10.3 Å². The van der Waals surface area contributed by atoms with E-state index in [9.17, 15) is 4.39 Å². The van der Waals surface area contributed by atoms with Gasteiger partial charge >= 0.3 is 0 Å². The van der Waals surface area contributed by atoms with Crippen LogP contribution in [-0.2, 0) is 5.66 Å². The fourth-order valence-corrected chi connectivity index (χ4v) is 2.42. The number of nitrogens with one attached hydrogen (secondary N) is 1. The number of hydrogen-bond donors (Lipinski definition) is 3. The lowest BCUT2D eigenvalue weighted by Gasteiger charge is -2.31. The Hall–Kier alpha value is -2.11. The van der Waals surface area contributed by atoms with Gasteiger partial charge in [-0.25, -0.2) is 9.38 Å². The molecule has 0 amide bonds. The van der Waals surface area contributed by atoms with E-state index in [1.807, 2.05) is 6.07 Å². The predicted octanol–water partition coefficient (Wildman–Crippen LogP) is 2.67. The minimum absolute atomic E-state index is 0.00603. The first-order valence-corrected chi connectivity index (χ1v) is 6.33. The molecular formula is C14H12ClFN4. The van der Waals surface area contributed by atoms with Gasteiger partial charge in [-0.15, -0.1) is 0 Å². The lowest BCUT2D eigenvalue weighted by molar-refractivity contribution is 0.567. The Morgan fingerprint density at radius 1 is 1.20 bits per heavy atom. The number of halogens is 2. The van der Waals surface area contributed by atoms with Crippen LogP contribution < -0.4 is 16.8 Å². The molecule has 6 heteroatoms. The van der Waals surface area contributed by atoms with Crippen LogP contribution in [-0.4, -0.2) is 6.34 Å². The number of nitrogens with zero attached hydrogens (tertiary/aromatic N) is 1. The summed E-state index contributed by atoms with van der Waals surface area (Å²) in [6.07, 6.45) is 1.51. The number of rotatable bonds is 1. The molecule has 0 radical (unpaired) electrons. The zero-order valence-corrected chi connectivity index (χ0v) is 11.2. The van der Waals surface area contributed by atoms with Crippen LogP contribution in [0, 0.1) is 5.82 Å². The maximum absolute atomic E-state index is 13.3. The fraction of sp³-hybridized carbons (Fsp3) is 0.0714. The second-order valence-electron chi connectivity index (χ2n) is 4.60. The van der Waals surface area contributed by atoms with E-state index in [1.54, 1.807) is 18.2 Å². The van der Waals surface area contributed by atoms with Crippen LogP contribution in [0.15, 0.2) is 41.4 Å². The Balaban J connectivity index is 2.21. The molecule has 102 valence electrons. The number of benzene rings is 2. The van der Waals surface area contributed by atoms with Gasteiger partial charge in [0.15, 0.2) is 5.66 Å². The highest BCUT2D eigenvalue weighted by Gasteiger charge is 2.33. The van der Waals surface area contributed by atoms with E-state index in [1.165, 1.54) is 18.5 Å². The van der Waals surface area contributed by atoms with Crippen LogP contribution in [0.25, 0.3) is 0 Å². The molecule has 0 spiro atoms. The van der Waals surface area contributed by atoms with Crippen molar-refractivity contribution in [3.8, 4) is 0 Å². The molecule has 2 aromatic rings. The number of aliphatic imine (C=N–C) groups is 1. The van der Waals surface area contributed by atoms with E-state index < -0.39 is 11.5 Å². The van der Waals surface area contributed by atoms with Gasteiger partial charge in [0.1, 0.15) is 5.82 Å². The van der Waals surface area contributed by atoms with Crippen LogP contribution in [0.3, 0.4) is 0 Å². The average molecular weight is 291 g/mol. The van der Waals surface area contributed by atoms with Crippen LogP contribution in [0.2, 0.25) is 5.02 Å². The SMILES string of the molecule is Nc1ccc2c(c1)C(N)(c1ccc(F)c(Cl)c1)N=CN2. The number of nitrogen functional groups attached to an aromatic ring is 1. The quantitative estimate of drug-likeness (QED) is 0.707. The maximum Gasteiger partial charge on any atom is 0.163 e. The first-order valence-electron chi connectivity index (χ1n) is 5.95. The van der Waals surface area contributed by atoms with Gasteiger partial charge in [0.2, 0.25) is 0 Å². The summed E-state index contributed by atoms with van der Waals surface area (Å²) in [4.78, 5) is 4.29. The largest absolute Gasteiger partial charge is 0.399 e. The molecule has 1 atom stereocenters. The van der Waals surface area contributed by atoms with E-state index in [4.69, 9.17) is 23.1 Å². The normalized spacial score (nSPS) is 20.4. The van der Waals surface area contributed by atoms with Gasteiger partial charge in [-0.2, -0.15) is 0 Å². The van der Waals surface area contributed by atoms with E-state index in [0.29, 0.717) is 16.8 Å². The van der Waals surface area contributed by atoms with Gasteiger partial charge in [-0.3, -0.25) is 5.73 Å². The summed E-state index contributed by atoms with van der Waals surface area (Å²) in [5.74, 6) is -0.496. The van der Waals surface area contributed by atoms with Crippen LogP contribution >= 0.6 is 11.6 Å². The Morgan fingerprint density at radius 2 is 2.00 bits per heavy atom. The number of hydrogen-bond acceptors (Lipinski definition) is 4. The third-order valence-electron chi connectivity index (χ3n) is 3.30. The summed E-state index contributed by atoms with van der Waals surface area (Å²) in [6, 6.07) is 9.65. The molecule has 0 aliphatic carbocycles. The Bertz CT molecular complexity index is 716. The summed E-state index contributed by atoms with van der Waals surface area (Å²) >= 11 is 5.83. The first-order chi connectivity index (χ1) is 9.50. The van der Waals surface area contributed by atoms with Crippen molar-refractivity contribution in [3.63, 3.8) is 0 Å². The molecule has 0 bridgehead atoms. The highest BCUT2D eigenvalue weighted by molar-refractivity contribution is 6.30. The van der Waals surface area contributed by atoms with Crippen molar-refractivity contribution < 1.29 is 4.39 Å². The molecular weight excluding hydrogens is 279 g/mol. The Kier molecular flexibility index (Phi) is 2.88. The minimum atomic E-state index is -1.15. The average Bonchev–Trinajstić information content (AvgIpc) is 2.43. The zero-order chi connectivity index (χ0) is 14.3. The molecule has 0 aromatic heterocycles. The molecule has 1 unspecified atom stereocenters. The number of fused-ring (bicyclic) bond motifs is 1. The molecule has 2 aromatic carbocycles. The minimum Gasteiger partial charge on any atom is -0.399 e. The fourth-order valence-electron chi connectivity index (χ4n) is 2.24. The van der Waals surface area contributed by atoms with Crippen molar-refractivity contribution in [2.75, 3.05) is 11.1 Å². The zero-order valence-electron chi connectivity index (χ0n) is 10.4. The molecule has 0 fully saturated rings. The molecule has 1 aliphatic heterocycles. The second kappa shape index (κ2) is 4.47. The van der Waals surface area contributed by atoms with Crippen LogP contribution in [0.1, 0.15) is 11.1 Å². The van der Waals surface area contributed by atoms with Crippen LogP contribution in [0.4, 0.5) is 15.8 Å². The van der Waals surface area contributed by atoms with Crippen molar-refractivity contribution >= 4 is 29.3 Å². The highest BCUT2D eigenvalue weighted by atomic mass is 35.5. The Labute approximate surface area is 120 Å². The van der Waals surface area contributed by atoms with Crippen molar-refractivity contribution in [2.45, 2.75) is 5.66 Å². The highest BCUT2D eigenvalue weighted by Crippen LogP contribution is 2.37. The lowest BCUT2D eigenvalue weighted by Crippen LogP contribution is -2.39. The summed E-state index contributed by atoms with van der Waals surface area (Å²) in [6.45, 7) is 0. The first kappa shape index (κ1) is 12.9. The summed E-state index contributed by atoms with van der Waals surface area (Å²) in [7, 11) is 0. The van der Waals surface area contributed by atoms with Crippen molar-refractivity contribution in [2.24, 2.45) is 10.7 Å². The molecule has 3 rings (SSSR count). The summed E-state index contributed by atoms with van der Waals surface area (Å²) in [5, 5.41) is 3.01. The Morgan fingerprint density at radius 3 is 2.75 bits per heavy atom. The maximum atomic E-state index is 13.3. The smallest absolute Gasteiger partial charge is 0.163 e. The van der Waals surface area contributed by atoms with E-state index in [-0.39, 0.29) is 5.02 Å². The summed E-state index contributed by atoms with van der Waals surface area (Å²) in [5.41, 5.74) is 13.8. The van der Waals surface area contributed by atoms with Gasteiger partial charge in [0.25, 0.3) is 0 Å². The number of nitrogens with two attached hydrogens (primary N) is 2. The second-order valence-corrected chi connectivity index (χ2v) is 5.01. The van der Waals surface area contributed by atoms with E-state index >= 15 is 0 Å². The van der Waals surface area contributed by atoms with Gasteiger partial charge in [-0.1, -0.05) is 17.7 Å². The molecule has 4 nitrogen and oxygen atoms in total. The standard InChI is InChI=1S/C14H12ClFN4/c15-11-5-8(1-3-12(11)16)14(18)10-6-9(17)2-4-13(10)19-7-20-14/h1-7H,17-18H2,(H,19,20). The lowest BCUT2D eigenvalue weighted by atomic mass is 9.90. The topological polar surface area (TPSA) is 76.4 Å². The van der Waals surface area contributed by atoms with Crippen LogP contribution in [0.5, 0.6) is 0 Å². The van der Waals surface area contributed by atoms with Gasteiger partial charge in [-0.05, 0) is 30.3 Å². The van der Waals surface area contributed by atoms with E-state index in [0.717, 1.165) is 5.69 Å². The predicted molar refractivity (Wildman–Crippen MR) is 79.3 cm³/mol. The molecule has 1 heterocycles. The monoisotopic (exact) mass is 290 g/mol. The summed E-state index contributed by atoms with van der Waals surface area (Å²) < 4.78 is 13.3.